The highest BCUT2D eigenvalue weighted by Crippen LogP contribution is 2.32. The highest BCUT2D eigenvalue weighted by molar-refractivity contribution is 6.33. The second-order valence-corrected chi connectivity index (χ2v) is 7.70. The van der Waals surface area contributed by atoms with Gasteiger partial charge in [-0.1, -0.05) is 29.8 Å². The molecule has 1 saturated carbocycles. The highest BCUT2D eigenvalue weighted by Gasteiger charge is 2.35. The fraction of sp³-hybridized carbons (Fsp3) is 0.450. The highest BCUT2D eigenvalue weighted by atomic mass is 35.5. The Labute approximate surface area is 163 Å². The third-order valence-corrected chi connectivity index (χ3v) is 5.65. The van der Waals surface area contributed by atoms with E-state index in [2.05, 4.69) is 10.4 Å². The number of carbonyl (C=O) groups excluding carboxylic acids is 2. The van der Waals surface area contributed by atoms with E-state index in [4.69, 9.17) is 11.6 Å². The van der Waals surface area contributed by atoms with Gasteiger partial charge in [0.2, 0.25) is 5.91 Å². The van der Waals surface area contributed by atoms with E-state index in [0.29, 0.717) is 29.5 Å². The van der Waals surface area contributed by atoms with Crippen LogP contribution in [0, 0.1) is 12.8 Å². The smallest absolute Gasteiger partial charge is 0.256 e. The van der Waals surface area contributed by atoms with E-state index in [0.717, 1.165) is 31.4 Å². The van der Waals surface area contributed by atoms with Gasteiger partial charge in [0.25, 0.3) is 5.91 Å². The van der Waals surface area contributed by atoms with Crippen molar-refractivity contribution in [3.63, 3.8) is 0 Å². The molecule has 0 unspecified atom stereocenters. The van der Waals surface area contributed by atoms with Gasteiger partial charge in [0.15, 0.2) is 0 Å². The zero-order valence-corrected chi connectivity index (χ0v) is 16.1. The lowest BCUT2D eigenvalue weighted by molar-refractivity contribution is -0.133. The maximum absolute atomic E-state index is 12.8. The number of para-hydroxylation sites is 1. The molecular weight excluding hydrogens is 364 g/mol. The lowest BCUT2D eigenvalue weighted by Gasteiger charge is -2.32. The van der Waals surface area contributed by atoms with Crippen LogP contribution in [0.4, 0.5) is 0 Å². The average Bonchev–Trinajstić information content (AvgIpc) is 3.48. The van der Waals surface area contributed by atoms with Crippen molar-refractivity contribution in [2.24, 2.45) is 5.92 Å². The molecule has 1 saturated heterocycles. The van der Waals surface area contributed by atoms with Crippen LogP contribution in [0.15, 0.2) is 30.3 Å². The molecule has 1 aliphatic heterocycles. The predicted molar refractivity (Wildman–Crippen MR) is 103 cm³/mol. The Hall–Kier alpha value is -2.34. The van der Waals surface area contributed by atoms with Gasteiger partial charge >= 0.3 is 0 Å². The number of carbonyl (C=O) groups is 2. The number of hydrogen-bond donors (Lipinski definition) is 1. The summed E-state index contributed by atoms with van der Waals surface area (Å²) in [6.45, 7) is 3.20. The first-order valence-electron chi connectivity index (χ1n) is 9.45. The third kappa shape index (κ3) is 3.72. The van der Waals surface area contributed by atoms with E-state index in [1.54, 1.807) is 11.6 Å². The number of hydrogen-bond acceptors (Lipinski definition) is 3. The van der Waals surface area contributed by atoms with Crippen LogP contribution in [-0.2, 0) is 4.79 Å². The van der Waals surface area contributed by atoms with Gasteiger partial charge in [-0.25, -0.2) is 4.68 Å². The van der Waals surface area contributed by atoms with E-state index >= 15 is 0 Å². The van der Waals surface area contributed by atoms with Crippen LogP contribution in [0.25, 0.3) is 5.69 Å². The standard InChI is InChI=1S/C20H23ClN4O2/c1-13-17(18(21)25(23-13)16-5-3-2-4-6-16)19(26)22-15-9-11-24(12-10-15)20(27)14-7-8-14/h2-6,14-15H,7-12H2,1H3,(H,22,26). The largest absolute Gasteiger partial charge is 0.349 e. The molecule has 0 bridgehead atoms. The van der Waals surface area contributed by atoms with E-state index in [1.807, 2.05) is 35.2 Å². The lowest BCUT2D eigenvalue weighted by Crippen LogP contribution is -2.47. The monoisotopic (exact) mass is 386 g/mol. The zero-order chi connectivity index (χ0) is 19.0. The Bertz CT molecular complexity index is 852. The molecule has 2 heterocycles. The maximum Gasteiger partial charge on any atom is 0.256 e. The molecule has 142 valence electrons. The first-order chi connectivity index (χ1) is 13.0. The Kier molecular flexibility index (Phi) is 4.91. The van der Waals surface area contributed by atoms with Crippen LogP contribution >= 0.6 is 11.6 Å². The van der Waals surface area contributed by atoms with Crippen molar-refractivity contribution >= 4 is 23.4 Å². The molecule has 2 aliphatic rings. The minimum atomic E-state index is -0.202. The maximum atomic E-state index is 12.8. The number of piperidine rings is 1. The number of halogens is 1. The van der Waals surface area contributed by atoms with Crippen LogP contribution in [0.3, 0.4) is 0 Å². The lowest BCUT2D eigenvalue weighted by atomic mass is 10.0. The molecule has 1 N–H and O–H groups in total. The van der Waals surface area contributed by atoms with Gasteiger partial charge in [-0.2, -0.15) is 5.10 Å². The number of aryl methyl sites for hydroxylation is 1. The van der Waals surface area contributed by atoms with Crippen molar-refractivity contribution in [1.82, 2.24) is 20.0 Å². The van der Waals surface area contributed by atoms with E-state index in [1.165, 1.54) is 0 Å². The SMILES string of the molecule is Cc1nn(-c2ccccc2)c(Cl)c1C(=O)NC1CCN(C(=O)C2CC2)CC1. The summed E-state index contributed by atoms with van der Waals surface area (Å²) in [4.78, 5) is 26.9. The molecule has 2 aromatic rings. The number of rotatable bonds is 4. The molecule has 4 rings (SSSR count). The molecule has 0 spiro atoms. The molecule has 6 nitrogen and oxygen atoms in total. The number of aromatic nitrogens is 2. The van der Waals surface area contributed by atoms with Crippen molar-refractivity contribution < 1.29 is 9.59 Å². The van der Waals surface area contributed by atoms with Crippen molar-refractivity contribution in [2.75, 3.05) is 13.1 Å². The summed E-state index contributed by atoms with van der Waals surface area (Å²) in [6, 6.07) is 9.57. The topological polar surface area (TPSA) is 67.2 Å². The summed E-state index contributed by atoms with van der Waals surface area (Å²) < 4.78 is 1.59. The second kappa shape index (κ2) is 7.35. The van der Waals surface area contributed by atoms with Gasteiger partial charge in [0.1, 0.15) is 5.15 Å². The quantitative estimate of drug-likeness (QED) is 0.878. The van der Waals surface area contributed by atoms with E-state index in [9.17, 15) is 9.59 Å². The fourth-order valence-electron chi connectivity index (χ4n) is 3.59. The van der Waals surface area contributed by atoms with Crippen molar-refractivity contribution in [2.45, 2.75) is 38.6 Å². The number of nitrogens with one attached hydrogen (secondary N) is 1. The summed E-state index contributed by atoms with van der Waals surface area (Å²) in [5.74, 6) is 0.330. The van der Waals surface area contributed by atoms with Crippen LogP contribution in [0.1, 0.15) is 41.7 Å². The summed E-state index contributed by atoms with van der Waals surface area (Å²) >= 11 is 6.47. The molecule has 1 aromatic carbocycles. The summed E-state index contributed by atoms with van der Waals surface area (Å²) in [5, 5.41) is 7.82. The van der Waals surface area contributed by atoms with Gasteiger partial charge in [-0.15, -0.1) is 0 Å². The first kappa shape index (κ1) is 18.0. The van der Waals surface area contributed by atoms with Crippen LogP contribution in [-0.4, -0.2) is 45.6 Å². The van der Waals surface area contributed by atoms with E-state index < -0.39 is 0 Å². The molecule has 0 atom stereocenters. The minimum Gasteiger partial charge on any atom is -0.349 e. The minimum absolute atomic E-state index is 0.0521. The van der Waals surface area contributed by atoms with Crippen molar-refractivity contribution in [3.8, 4) is 5.69 Å². The Morgan fingerprint density at radius 2 is 1.78 bits per heavy atom. The molecule has 0 radical (unpaired) electrons. The van der Waals surface area contributed by atoms with Gasteiger partial charge in [-0.05, 0) is 44.7 Å². The second-order valence-electron chi connectivity index (χ2n) is 7.35. The summed E-state index contributed by atoms with van der Waals surface area (Å²) in [5.41, 5.74) is 1.83. The fourth-order valence-corrected chi connectivity index (χ4v) is 3.95. The zero-order valence-electron chi connectivity index (χ0n) is 15.3. The number of benzene rings is 1. The molecular formula is C20H23ClN4O2. The van der Waals surface area contributed by atoms with Crippen LogP contribution < -0.4 is 5.32 Å². The Balaban J connectivity index is 1.42. The van der Waals surface area contributed by atoms with Crippen molar-refractivity contribution in [3.05, 3.63) is 46.7 Å². The van der Waals surface area contributed by atoms with Crippen molar-refractivity contribution in [1.29, 1.82) is 0 Å². The number of likely N-dealkylation sites (tertiary alicyclic amines) is 1. The van der Waals surface area contributed by atoms with Crippen LogP contribution in [0.2, 0.25) is 5.15 Å². The summed E-state index contributed by atoms with van der Waals surface area (Å²) in [6.07, 6.45) is 3.60. The molecule has 1 aromatic heterocycles. The van der Waals surface area contributed by atoms with Gasteiger partial charge in [-0.3, -0.25) is 9.59 Å². The third-order valence-electron chi connectivity index (χ3n) is 5.30. The number of amides is 2. The van der Waals surface area contributed by atoms with E-state index in [-0.39, 0.29) is 23.8 Å². The Morgan fingerprint density at radius 1 is 1.11 bits per heavy atom. The average molecular weight is 387 g/mol. The van der Waals surface area contributed by atoms with Gasteiger partial charge in [0, 0.05) is 25.0 Å². The summed E-state index contributed by atoms with van der Waals surface area (Å²) in [7, 11) is 0. The normalized spacial score (nSPS) is 17.8. The Morgan fingerprint density at radius 3 is 2.41 bits per heavy atom. The van der Waals surface area contributed by atoms with Gasteiger partial charge < -0.3 is 10.2 Å². The van der Waals surface area contributed by atoms with Gasteiger partial charge in [0.05, 0.1) is 16.9 Å². The molecule has 27 heavy (non-hydrogen) atoms. The molecule has 2 fully saturated rings. The predicted octanol–water partition coefficient (Wildman–Crippen LogP) is 2.96. The molecule has 1 aliphatic carbocycles. The molecule has 7 heteroatoms. The van der Waals surface area contributed by atoms with Crippen LogP contribution in [0.5, 0.6) is 0 Å². The first-order valence-corrected chi connectivity index (χ1v) is 9.82. The molecule has 2 amide bonds. The number of nitrogens with zero attached hydrogens (tertiary/aromatic N) is 3.